The maximum absolute atomic E-state index is 3.59. The van der Waals surface area contributed by atoms with E-state index in [0.717, 1.165) is 12.5 Å². The lowest BCUT2D eigenvalue weighted by Crippen LogP contribution is -2.25. The molecule has 2 rings (SSSR count). The van der Waals surface area contributed by atoms with E-state index in [1.807, 2.05) is 11.3 Å². The molecule has 1 nitrogen and oxygen atoms in total. The summed E-state index contributed by atoms with van der Waals surface area (Å²) >= 11 is 4.01. The molecule has 0 aliphatic carbocycles. The molecule has 0 atom stereocenters. The lowest BCUT2D eigenvalue weighted by Gasteiger charge is -2.21. The van der Waals surface area contributed by atoms with Crippen molar-refractivity contribution < 1.29 is 0 Å². The van der Waals surface area contributed by atoms with Crippen LogP contribution in [0, 0.1) is 12.8 Å². The highest BCUT2D eigenvalue weighted by Gasteiger charge is 2.12. The number of aryl methyl sites for hydroxylation is 1. The van der Waals surface area contributed by atoms with E-state index in [-0.39, 0.29) is 0 Å². The smallest absolute Gasteiger partial charge is 0.0299 e. The molecule has 1 aliphatic heterocycles. The summed E-state index contributed by atoms with van der Waals surface area (Å²) in [6.45, 7) is 4.44. The minimum absolute atomic E-state index is 0.923. The lowest BCUT2D eigenvalue weighted by molar-refractivity contribution is 0.449. The molecule has 0 radical (unpaired) electrons. The van der Waals surface area contributed by atoms with E-state index < -0.39 is 0 Å². The molecule has 1 aliphatic rings. The molecule has 0 saturated carbocycles. The van der Waals surface area contributed by atoms with Crippen LogP contribution in [-0.2, 0) is 6.54 Å². The first-order chi connectivity index (χ1) is 7.34. The van der Waals surface area contributed by atoms with Crippen LogP contribution < -0.4 is 5.32 Å². The number of hydrogen-bond acceptors (Lipinski definition) is 3. The Bertz CT molecular complexity index is 290. The van der Waals surface area contributed by atoms with E-state index in [2.05, 4.69) is 36.1 Å². The van der Waals surface area contributed by atoms with E-state index in [1.165, 1.54) is 40.6 Å². The molecule has 0 amide bonds. The molecule has 1 saturated heterocycles. The Kier molecular flexibility index (Phi) is 4.54. The minimum atomic E-state index is 0.923. The van der Waals surface area contributed by atoms with Crippen LogP contribution in [0.25, 0.3) is 0 Å². The van der Waals surface area contributed by atoms with Gasteiger partial charge in [-0.15, -0.1) is 11.3 Å². The lowest BCUT2D eigenvalue weighted by atomic mass is 10.0. The van der Waals surface area contributed by atoms with E-state index in [1.54, 1.807) is 0 Å². The van der Waals surface area contributed by atoms with Gasteiger partial charge < -0.3 is 5.32 Å². The molecular weight excluding hydrogens is 222 g/mol. The zero-order valence-corrected chi connectivity index (χ0v) is 10.9. The third-order valence-corrected chi connectivity index (χ3v) is 4.92. The largest absolute Gasteiger partial charge is 0.312 e. The van der Waals surface area contributed by atoms with Gasteiger partial charge in [-0.3, -0.25) is 0 Å². The second-order valence-electron chi connectivity index (χ2n) is 4.20. The maximum Gasteiger partial charge on any atom is 0.0299 e. The molecule has 1 aromatic rings. The van der Waals surface area contributed by atoms with E-state index in [4.69, 9.17) is 0 Å². The second kappa shape index (κ2) is 5.92. The highest BCUT2D eigenvalue weighted by Crippen LogP contribution is 2.22. The van der Waals surface area contributed by atoms with Gasteiger partial charge in [0.1, 0.15) is 0 Å². The molecule has 0 spiro atoms. The van der Waals surface area contributed by atoms with Crippen molar-refractivity contribution in [3.05, 3.63) is 21.9 Å². The summed E-state index contributed by atoms with van der Waals surface area (Å²) in [5.41, 5.74) is 0. The third-order valence-electron chi connectivity index (χ3n) is 2.87. The molecular formula is C12H19NS2. The molecule has 0 aromatic carbocycles. The first-order valence-electron chi connectivity index (χ1n) is 5.68. The Hall–Kier alpha value is 0.01000. The van der Waals surface area contributed by atoms with Gasteiger partial charge in [0, 0.05) is 16.3 Å². The SMILES string of the molecule is Cc1ccc(CNCC2CCSCC2)s1. The highest BCUT2D eigenvalue weighted by molar-refractivity contribution is 7.99. The normalized spacial score (nSPS) is 18.2. The standard InChI is InChI=1S/C12H19NS2/c1-10-2-3-12(15-10)9-13-8-11-4-6-14-7-5-11/h2-3,11,13H,4-9H2,1H3. The molecule has 1 aromatic heterocycles. The average Bonchev–Trinajstić information content (AvgIpc) is 2.66. The average molecular weight is 241 g/mol. The molecule has 84 valence electrons. The summed E-state index contributed by atoms with van der Waals surface area (Å²) in [5.74, 6) is 3.65. The van der Waals surface area contributed by atoms with Crippen LogP contribution in [0.15, 0.2) is 12.1 Å². The van der Waals surface area contributed by atoms with Gasteiger partial charge in [-0.05, 0) is 55.9 Å². The van der Waals surface area contributed by atoms with Crippen molar-refractivity contribution in [2.75, 3.05) is 18.1 Å². The number of hydrogen-bond donors (Lipinski definition) is 1. The number of nitrogens with one attached hydrogen (secondary N) is 1. The second-order valence-corrected chi connectivity index (χ2v) is 6.80. The summed E-state index contributed by atoms with van der Waals surface area (Å²) in [7, 11) is 0. The van der Waals surface area contributed by atoms with Crippen LogP contribution in [-0.4, -0.2) is 18.1 Å². The van der Waals surface area contributed by atoms with Crippen molar-refractivity contribution in [1.82, 2.24) is 5.32 Å². The third kappa shape index (κ3) is 3.82. The van der Waals surface area contributed by atoms with Crippen LogP contribution in [0.3, 0.4) is 0 Å². The fraction of sp³-hybridized carbons (Fsp3) is 0.667. The van der Waals surface area contributed by atoms with E-state index in [9.17, 15) is 0 Å². The Morgan fingerprint density at radius 3 is 2.80 bits per heavy atom. The molecule has 0 bridgehead atoms. The number of rotatable bonds is 4. The molecule has 15 heavy (non-hydrogen) atoms. The number of thiophene rings is 1. The van der Waals surface area contributed by atoms with E-state index in [0.29, 0.717) is 0 Å². The van der Waals surface area contributed by atoms with Gasteiger partial charge in [-0.2, -0.15) is 11.8 Å². The molecule has 2 heterocycles. The van der Waals surface area contributed by atoms with Gasteiger partial charge >= 0.3 is 0 Å². The first kappa shape index (κ1) is 11.5. The van der Waals surface area contributed by atoms with Crippen molar-refractivity contribution in [3.8, 4) is 0 Å². The predicted molar refractivity (Wildman–Crippen MR) is 70.8 cm³/mol. The van der Waals surface area contributed by atoms with Gasteiger partial charge in [0.25, 0.3) is 0 Å². The Balaban J connectivity index is 1.65. The van der Waals surface area contributed by atoms with Gasteiger partial charge in [0.15, 0.2) is 0 Å². The van der Waals surface area contributed by atoms with Gasteiger partial charge in [0.2, 0.25) is 0 Å². The van der Waals surface area contributed by atoms with Gasteiger partial charge in [0.05, 0.1) is 0 Å². The summed E-state index contributed by atoms with van der Waals surface area (Å²) in [6.07, 6.45) is 2.81. The Morgan fingerprint density at radius 2 is 2.13 bits per heavy atom. The fourth-order valence-electron chi connectivity index (χ4n) is 1.93. The van der Waals surface area contributed by atoms with Gasteiger partial charge in [-0.1, -0.05) is 0 Å². The zero-order chi connectivity index (χ0) is 10.5. The summed E-state index contributed by atoms with van der Waals surface area (Å²) < 4.78 is 0. The van der Waals surface area contributed by atoms with Crippen molar-refractivity contribution in [2.24, 2.45) is 5.92 Å². The van der Waals surface area contributed by atoms with Crippen LogP contribution >= 0.6 is 23.1 Å². The topological polar surface area (TPSA) is 12.0 Å². The Labute approximate surface area is 101 Å². The van der Waals surface area contributed by atoms with Crippen LogP contribution in [0.2, 0.25) is 0 Å². The van der Waals surface area contributed by atoms with Crippen molar-refractivity contribution in [2.45, 2.75) is 26.3 Å². The molecule has 1 fully saturated rings. The van der Waals surface area contributed by atoms with Crippen LogP contribution in [0.4, 0.5) is 0 Å². The Morgan fingerprint density at radius 1 is 1.33 bits per heavy atom. The maximum atomic E-state index is 3.59. The highest BCUT2D eigenvalue weighted by atomic mass is 32.2. The fourth-order valence-corrected chi connectivity index (χ4v) is 3.99. The molecule has 0 unspecified atom stereocenters. The van der Waals surface area contributed by atoms with Crippen molar-refractivity contribution in [3.63, 3.8) is 0 Å². The summed E-state index contributed by atoms with van der Waals surface area (Å²) in [5, 5.41) is 3.59. The predicted octanol–water partition coefficient (Wildman–Crippen LogP) is 3.29. The van der Waals surface area contributed by atoms with Crippen molar-refractivity contribution in [1.29, 1.82) is 0 Å². The number of thioether (sulfide) groups is 1. The zero-order valence-electron chi connectivity index (χ0n) is 9.29. The minimum Gasteiger partial charge on any atom is -0.312 e. The quantitative estimate of drug-likeness (QED) is 0.868. The van der Waals surface area contributed by atoms with Gasteiger partial charge in [-0.25, -0.2) is 0 Å². The molecule has 3 heteroatoms. The summed E-state index contributed by atoms with van der Waals surface area (Å²) in [6, 6.07) is 4.45. The molecule has 1 N–H and O–H groups in total. The first-order valence-corrected chi connectivity index (χ1v) is 7.65. The van der Waals surface area contributed by atoms with Crippen LogP contribution in [0.1, 0.15) is 22.6 Å². The monoisotopic (exact) mass is 241 g/mol. The summed E-state index contributed by atoms with van der Waals surface area (Å²) in [4.78, 5) is 2.89. The van der Waals surface area contributed by atoms with E-state index >= 15 is 0 Å². The van der Waals surface area contributed by atoms with Crippen molar-refractivity contribution >= 4 is 23.1 Å². The van der Waals surface area contributed by atoms with Crippen LogP contribution in [0.5, 0.6) is 0 Å².